The lowest BCUT2D eigenvalue weighted by Crippen LogP contribution is -2.35. The molecule has 7 heteroatoms. The second-order valence-corrected chi connectivity index (χ2v) is 10.4. The molecular formula is C25H34N2O4S. The molecule has 0 spiro atoms. The molecule has 2 aromatic carbocycles. The Kier molecular flexibility index (Phi) is 8.70. The largest absolute Gasteiger partial charge is 0.494 e. The predicted octanol–water partition coefficient (Wildman–Crippen LogP) is 4.75. The van der Waals surface area contributed by atoms with Crippen molar-refractivity contribution in [2.24, 2.45) is 0 Å². The summed E-state index contributed by atoms with van der Waals surface area (Å²) in [6.45, 7) is 2.44. The Balaban J connectivity index is 1.78. The number of carbonyl (C=O) groups excluding carboxylic acids is 1. The van der Waals surface area contributed by atoms with Gasteiger partial charge in [0.2, 0.25) is 10.0 Å². The first kappa shape index (κ1) is 24.3. The lowest BCUT2D eigenvalue weighted by Gasteiger charge is -2.22. The molecule has 1 saturated carbocycles. The molecule has 0 radical (unpaired) electrons. The van der Waals surface area contributed by atoms with Gasteiger partial charge in [-0.15, -0.1) is 0 Å². The third kappa shape index (κ3) is 6.33. The first-order valence-electron chi connectivity index (χ1n) is 11.5. The number of nitrogens with zero attached hydrogens (tertiary/aromatic N) is 1. The van der Waals surface area contributed by atoms with E-state index in [9.17, 15) is 13.2 Å². The molecule has 1 aliphatic carbocycles. The van der Waals surface area contributed by atoms with Crippen LogP contribution in [0.3, 0.4) is 0 Å². The molecular weight excluding hydrogens is 424 g/mol. The van der Waals surface area contributed by atoms with Crippen molar-refractivity contribution in [1.29, 1.82) is 0 Å². The van der Waals surface area contributed by atoms with E-state index in [4.69, 9.17) is 4.74 Å². The highest BCUT2D eigenvalue weighted by Crippen LogP contribution is 2.25. The van der Waals surface area contributed by atoms with Crippen LogP contribution in [0.4, 0.5) is 0 Å². The normalized spacial score (nSPS) is 15.7. The number of amides is 1. The standard InChI is InChI=1S/C25H34N2O4S/c1-3-31-24-17-16-20(25(28)26-22-12-8-5-4-6-9-13-22)18-21(24)19-27(2)32(29,30)23-14-10-7-11-15-23/h7,10-11,14-18,22H,3-6,8-9,12-13,19H2,1-2H3,(H,26,28). The molecule has 1 aliphatic rings. The van der Waals surface area contributed by atoms with Crippen molar-refractivity contribution in [2.75, 3.05) is 13.7 Å². The number of carbonyl (C=O) groups is 1. The maximum absolute atomic E-state index is 13.0. The van der Waals surface area contributed by atoms with Gasteiger partial charge in [0.25, 0.3) is 5.91 Å². The third-order valence-electron chi connectivity index (χ3n) is 5.91. The average Bonchev–Trinajstić information content (AvgIpc) is 2.77. The molecule has 0 saturated heterocycles. The van der Waals surface area contributed by atoms with Gasteiger partial charge in [-0.1, -0.05) is 50.3 Å². The van der Waals surface area contributed by atoms with Crippen LogP contribution in [0.5, 0.6) is 5.75 Å². The van der Waals surface area contributed by atoms with Gasteiger partial charge in [0, 0.05) is 30.8 Å². The van der Waals surface area contributed by atoms with E-state index in [0.29, 0.717) is 23.5 Å². The van der Waals surface area contributed by atoms with Crippen LogP contribution in [-0.2, 0) is 16.6 Å². The zero-order chi connectivity index (χ0) is 23.0. The topological polar surface area (TPSA) is 75.7 Å². The number of ether oxygens (including phenoxy) is 1. The second kappa shape index (κ2) is 11.5. The van der Waals surface area contributed by atoms with Gasteiger partial charge in [0.15, 0.2) is 0 Å². The molecule has 174 valence electrons. The van der Waals surface area contributed by atoms with Gasteiger partial charge < -0.3 is 10.1 Å². The van der Waals surface area contributed by atoms with Crippen molar-refractivity contribution in [3.63, 3.8) is 0 Å². The van der Waals surface area contributed by atoms with Crippen LogP contribution in [0.15, 0.2) is 53.4 Å². The summed E-state index contributed by atoms with van der Waals surface area (Å²) in [6, 6.07) is 13.8. The van der Waals surface area contributed by atoms with E-state index in [-0.39, 0.29) is 23.4 Å². The smallest absolute Gasteiger partial charge is 0.251 e. The zero-order valence-corrected chi connectivity index (χ0v) is 19.9. The Hall–Kier alpha value is -2.38. The van der Waals surface area contributed by atoms with Gasteiger partial charge in [0.1, 0.15) is 5.75 Å². The highest BCUT2D eigenvalue weighted by Gasteiger charge is 2.23. The monoisotopic (exact) mass is 458 g/mol. The number of hydrogen-bond donors (Lipinski definition) is 1. The summed E-state index contributed by atoms with van der Waals surface area (Å²) in [5.74, 6) is 0.471. The number of benzene rings is 2. The van der Waals surface area contributed by atoms with Crippen LogP contribution in [0.25, 0.3) is 0 Å². The zero-order valence-electron chi connectivity index (χ0n) is 19.0. The van der Waals surface area contributed by atoms with Crippen LogP contribution in [0.2, 0.25) is 0 Å². The fourth-order valence-electron chi connectivity index (χ4n) is 4.11. The fraction of sp³-hybridized carbons (Fsp3) is 0.480. The lowest BCUT2D eigenvalue weighted by atomic mass is 9.96. The van der Waals surface area contributed by atoms with Crippen LogP contribution < -0.4 is 10.1 Å². The highest BCUT2D eigenvalue weighted by molar-refractivity contribution is 7.89. The van der Waals surface area contributed by atoms with E-state index < -0.39 is 10.0 Å². The molecule has 2 aromatic rings. The molecule has 3 rings (SSSR count). The minimum Gasteiger partial charge on any atom is -0.494 e. The van der Waals surface area contributed by atoms with E-state index in [2.05, 4.69) is 5.32 Å². The van der Waals surface area contributed by atoms with Crippen molar-refractivity contribution in [1.82, 2.24) is 9.62 Å². The fourth-order valence-corrected chi connectivity index (χ4v) is 5.28. The van der Waals surface area contributed by atoms with Gasteiger partial charge in [-0.2, -0.15) is 4.31 Å². The molecule has 0 unspecified atom stereocenters. The van der Waals surface area contributed by atoms with E-state index in [0.717, 1.165) is 25.7 Å². The van der Waals surface area contributed by atoms with Crippen LogP contribution in [0.1, 0.15) is 67.8 Å². The average molecular weight is 459 g/mol. The molecule has 6 nitrogen and oxygen atoms in total. The van der Waals surface area contributed by atoms with Crippen LogP contribution in [0, 0.1) is 0 Å². The first-order valence-corrected chi connectivity index (χ1v) is 12.9. The molecule has 0 bridgehead atoms. The Morgan fingerprint density at radius 2 is 1.69 bits per heavy atom. The summed E-state index contributed by atoms with van der Waals surface area (Å²) in [5, 5.41) is 3.18. The maximum Gasteiger partial charge on any atom is 0.251 e. The summed E-state index contributed by atoms with van der Waals surface area (Å²) in [7, 11) is -2.11. The molecule has 0 aliphatic heterocycles. The molecule has 32 heavy (non-hydrogen) atoms. The van der Waals surface area contributed by atoms with Gasteiger partial charge in [-0.25, -0.2) is 8.42 Å². The second-order valence-electron chi connectivity index (χ2n) is 8.35. The molecule has 0 heterocycles. The van der Waals surface area contributed by atoms with Crippen molar-refractivity contribution < 1.29 is 17.9 Å². The van der Waals surface area contributed by atoms with Crippen molar-refractivity contribution in [3.05, 3.63) is 59.7 Å². The Labute approximate surface area is 192 Å². The van der Waals surface area contributed by atoms with E-state index in [1.54, 1.807) is 55.6 Å². The minimum absolute atomic E-state index is 0.108. The van der Waals surface area contributed by atoms with E-state index >= 15 is 0 Å². The summed E-state index contributed by atoms with van der Waals surface area (Å²) in [4.78, 5) is 13.2. The molecule has 1 fully saturated rings. The summed E-state index contributed by atoms with van der Waals surface area (Å²) in [5.41, 5.74) is 1.19. The molecule has 0 atom stereocenters. The molecule has 1 N–H and O–H groups in total. The number of nitrogens with one attached hydrogen (secondary N) is 1. The SMILES string of the molecule is CCOc1ccc(C(=O)NC2CCCCCCC2)cc1CN(C)S(=O)(=O)c1ccccc1. The van der Waals surface area contributed by atoms with Crippen molar-refractivity contribution in [2.45, 2.75) is 69.4 Å². The number of rotatable bonds is 8. The van der Waals surface area contributed by atoms with Gasteiger partial charge in [-0.05, 0) is 50.1 Å². The number of sulfonamides is 1. The quantitative estimate of drug-likeness (QED) is 0.619. The van der Waals surface area contributed by atoms with Gasteiger partial charge in [0.05, 0.1) is 11.5 Å². The van der Waals surface area contributed by atoms with Gasteiger partial charge >= 0.3 is 0 Å². The number of hydrogen-bond acceptors (Lipinski definition) is 4. The molecule has 1 amide bonds. The summed E-state index contributed by atoms with van der Waals surface area (Å²) >= 11 is 0. The molecule has 0 aromatic heterocycles. The summed E-state index contributed by atoms with van der Waals surface area (Å²) < 4.78 is 32.9. The Bertz CT molecular complexity index is 984. The van der Waals surface area contributed by atoms with Gasteiger partial charge in [-0.3, -0.25) is 4.79 Å². The predicted molar refractivity (Wildman–Crippen MR) is 126 cm³/mol. The third-order valence-corrected chi connectivity index (χ3v) is 7.72. The van der Waals surface area contributed by atoms with Crippen molar-refractivity contribution >= 4 is 15.9 Å². The van der Waals surface area contributed by atoms with Crippen molar-refractivity contribution in [3.8, 4) is 5.75 Å². The van der Waals surface area contributed by atoms with Crippen LogP contribution >= 0.6 is 0 Å². The maximum atomic E-state index is 13.0. The lowest BCUT2D eigenvalue weighted by molar-refractivity contribution is 0.0930. The van der Waals surface area contributed by atoms with E-state index in [1.165, 1.54) is 23.6 Å². The minimum atomic E-state index is -3.65. The Morgan fingerprint density at radius 3 is 2.34 bits per heavy atom. The Morgan fingerprint density at radius 1 is 1.03 bits per heavy atom. The highest BCUT2D eigenvalue weighted by atomic mass is 32.2. The first-order chi connectivity index (χ1) is 15.4. The van der Waals surface area contributed by atoms with Crippen LogP contribution in [-0.4, -0.2) is 38.3 Å². The summed E-state index contributed by atoms with van der Waals surface area (Å²) in [6.07, 6.45) is 8.02. The van der Waals surface area contributed by atoms with E-state index in [1.807, 2.05) is 6.92 Å².